The number of hydrogen-bond donors (Lipinski definition) is 1. The fourth-order valence-corrected chi connectivity index (χ4v) is 3.00. The van der Waals surface area contributed by atoms with Gasteiger partial charge in [-0.25, -0.2) is 0 Å². The Morgan fingerprint density at radius 2 is 2.35 bits per heavy atom. The van der Waals surface area contributed by atoms with Crippen LogP contribution in [0.2, 0.25) is 0 Å². The van der Waals surface area contributed by atoms with E-state index in [4.69, 9.17) is 5.73 Å². The largest absolute Gasteiger partial charge is 0.330 e. The number of nitrogens with zero attached hydrogens (tertiary/aromatic N) is 3. The third kappa shape index (κ3) is 2.69. The van der Waals surface area contributed by atoms with E-state index in [1.54, 1.807) is 0 Å². The van der Waals surface area contributed by atoms with Gasteiger partial charge in [0.2, 0.25) is 0 Å². The normalized spacial score (nSPS) is 23.8. The van der Waals surface area contributed by atoms with Gasteiger partial charge >= 0.3 is 0 Å². The van der Waals surface area contributed by atoms with E-state index in [1.807, 2.05) is 17.9 Å². The molecule has 4 heteroatoms. The monoisotopic (exact) mass is 236 g/mol. The predicted molar refractivity (Wildman–Crippen MR) is 69.6 cm³/mol. The summed E-state index contributed by atoms with van der Waals surface area (Å²) in [4.78, 5) is 2.60. The first-order valence-electron chi connectivity index (χ1n) is 6.67. The number of aryl methyl sites for hydroxylation is 1. The van der Waals surface area contributed by atoms with Crippen molar-refractivity contribution in [3.63, 3.8) is 0 Å². The lowest BCUT2D eigenvalue weighted by Crippen LogP contribution is -2.42. The van der Waals surface area contributed by atoms with E-state index in [0.717, 1.165) is 13.0 Å². The summed E-state index contributed by atoms with van der Waals surface area (Å²) in [6.07, 6.45) is 6.94. The molecule has 2 unspecified atom stereocenters. The Hall–Kier alpha value is -0.870. The molecule has 1 fully saturated rings. The van der Waals surface area contributed by atoms with Gasteiger partial charge in [-0.15, -0.1) is 0 Å². The molecule has 1 aromatic rings. The number of rotatable bonds is 4. The summed E-state index contributed by atoms with van der Waals surface area (Å²) in [5, 5.41) is 4.27. The molecule has 0 aromatic carbocycles. The van der Waals surface area contributed by atoms with Gasteiger partial charge in [-0.3, -0.25) is 9.58 Å². The van der Waals surface area contributed by atoms with Crippen molar-refractivity contribution < 1.29 is 0 Å². The van der Waals surface area contributed by atoms with Crippen molar-refractivity contribution in [3.8, 4) is 0 Å². The topological polar surface area (TPSA) is 47.1 Å². The number of aromatic nitrogens is 2. The zero-order valence-electron chi connectivity index (χ0n) is 11.0. The Morgan fingerprint density at radius 1 is 1.53 bits per heavy atom. The summed E-state index contributed by atoms with van der Waals surface area (Å²) >= 11 is 0. The molecular weight excluding hydrogens is 212 g/mol. The van der Waals surface area contributed by atoms with Crippen LogP contribution in [0.4, 0.5) is 0 Å². The van der Waals surface area contributed by atoms with E-state index < -0.39 is 0 Å². The molecule has 0 amide bonds. The lowest BCUT2D eigenvalue weighted by atomic mass is 9.96. The molecule has 0 spiro atoms. The van der Waals surface area contributed by atoms with Gasteiger partial charge in [-0.1, -0.05) is 6.42 Å². The van der Waals surface area contributed by atoms with Crippen LogP contribution >= 0.6 is 0 Å². The molecule has 2 atom stereocenters. The second-order valence-corrected chi connectivity index (χ2v) is 5.02. The molecule has 0 aliphatic carbocycles. The molecule has 2 N–H and O–H groups in total. The average Bonchev–Trinajstić information content (AvgIpc) is 2.76. The minimum absolute atomic E-state index is 0.444. The third-order valence-electron chi connectivity index (χ3n) is 3.96. The van der Waals surface area contributed by atoms with Crippen molar-refractivity contribution >= 4 is 0 Å². The van der Waals surface area contributed by atoms with Crippen molar-refractivity contribution in [1.82, 2.24) is 14.7 Å². The highest BCUT2D eigenvalue weighted by molar-refractivity contribution is 5.06. The summed E-state index contributed by atoms with van der Waals surface area (Å²) in [7, 11) is 2.02. The Balaban J connectivity index is 2.10. The maximum atomic E-state index is 5.73. The van der Waals surface area contributed by atoms with Gasteiger partial charge < -0.3 is 5.73 Å². The molecule has 1 aromatic heterocycles. The van der Waals surface area contributed by atoms with Crippen molar-refractivity contribution in [2.45, 2.75) is 44.7 Å². The Kier molecular flexibility index (Phi) is 4.18. The van der Waals surface area contributed by atoms with E-state index in [-0.39, 0.29) is 0 Å². The van der Waals surface area contributed by atoms with Crippen molar-refractivity contribution in [1.29, 1.82) is 0 Å². The van der Waals surface area contributed by atoms with Crippen LogP contribution < -0.4 is 5.73 Å². The lowest BCUT2D eigenvalue weighted by molar-refractivity contribution is 0.0944. The van der Waals surface area contributed by atoms with Crippen molar-refractivity contribution in [2.24, 2.45) is 12.8 Å². The first-order valence-corrected chi connectivity index (χ1v) is 6.67. The quantitative estimate of drug-likeness (QED) is 0.865. The Morgan fingerprint density at radius 3 is 3.00 bits per heavy atom. The maximum absolute atomic E-state index is 5.73. The van der Waals surface area contributed by atoms with Crippen molar-refractivity contribution in [3.05, 3.63) is 18.0 Å². The third-order valence-corrected chi connectivity index (χ3v) is 3.96. The van der Waals surface area contributed by atoms with E-state index in [2.05, 4.69) is 23.0 Å². The van der Waals surface area contributed by atoms with Crippen LogP contribution in [0.15, 0.2) is 12.3 Å². The summed E-state index contributed by atoms with van der Waals surface area (Å²) in [6, 6.07) is 3.22. The van der Waals surface area contributed by atoms with Crippen LogP contribution in [-0.4, -0.2) is 33.8 Å². The summed E-state index contributed by atoms with van der Waals surface area (Å²) in [5.74, 6) is 0. The molecule has 0 radical (unpaired) electrons. The highest BCUT2D eigenvalue weighted by Crippen LogP contribution is 2.29. The molecule has 96 valence electrons. The second-order valence-electron chi connectivity index (χ2n) is 5.02. The smallest absolute Gasteiger partial charge is 0.0549 e. The first kappa shape index (κ1) is 12.6. The molecular formula is C13H24N4. The fourth-order valence-electron chi connectivity index (χ4n) is 3.00. The SMILES string of the molecule is CC(c1ccnn1C)N1CCCCC1CCN. The van der Waals surface area contributed by atoms with Crippen molar-refractivity contribution in [2.75, 3.05) is 13.1 Å². The average molecular weight is 236 g/mol. The number of likely N-dealkylation sites (tertiary alicyclic amines) is 1. The van der Waals surface area contributed by atoms with Gasteiger partial charge in [0.15, 0.2) is 0 Å². The van der Waals surface area contributed by atoms with E-state index in [0.29, 0.717) is 12.1 Å². The molecule has 0 bridgehead atoms. The molecule has 4 nitrogen and oxygen atoms in total. The Bertz CT molecular complexity index is 345. The van der Waals surface area contributed by atoms with E-state index in [1.165, 1.54) is 31.5 Å². The lowest BCUT2D eigenvalue weighted by Gasteiger charge is -2.39. The van der Waals surface area contributed by atoms with Crippen LogP contribution in [0, 0.1) is 0 Å². The van der Waals surface area contributed by atoms with Crippen LogP contribution in [0.25, 0.3) is 0 Å². The molecule has 17 heavy (non-hydrogen) atoms. The van der Waals surface area contributed by atoms with E-state index >= 15 is 0 Å². The molecule has 1 aliphatic rings. The summed E-state index contributed by atoms with van der Waals surface area (Å²) in [5.41, 5.74) is 7.03. The standard InChI is InChI=1S/C13H24N4/c1-11(13-7-9-15-16(13)2)17-10-4-3-5-12(17)6-8-14/h7,9,11-12H,3-6,8,10,14H2,1-2H3. The molecule has 0 saturated carbocycles. The fraction of sp³-hybridized carbons (Fsp3) is 0.769. The highest BCUT2D eigenvalue weighted by Gasteiger charge is 2.27. The number of piperidine rings is 1. The number of hydrogen-bond acceptors (Lipinski definition) is 3. The minimum Gasteiger partial charge on any atom is -0.330 e. The highest BCUT2D eigenvalue weighted by atomic mass is 15.3. The predicted octanol–water partition coefficient (Wildman–Crippen LogP) is 1.68. The van der Waals surface area contributed by atoms with Gasteiger partial charge in [-0.05, 0) is 45.3 Å². The minimum atomic E-state index is 0.444. The molecule has 1 aliphatic heterocycles. The first-order chi connectivity index (χ1) is 8.24. The van der Waals surface area contributed by atoms with Gasteiger partial charge in [0.05, 0.1) is 5.69 Å². The van der Waals surface area contributed by atoms with E-state index in [9.17, 15) is 0 Å². The summed E-state index contributed by atoms with van der Waals surface area (Å²) < 4.78 is 1.98. The van der Waals surface area contributed by atoms with Crippen LogP contribution in [0.5, 0.6) is 0 Å². The molecule has 2 rings (SSSR count). The van der Waals surface area contributed by atoms with Gasteiger partial charge in [0, 0.05) is 25.3 Å². The van der Waals surface area contributed by atoms with Gasteiger partial charge in [0.1, 0.15) is 0 Å². The molecule has 1 saturated heterocycles. The zero-order valence-corrected chi connectivity index (χ0v) is 11.0. The molecule has 2 heterocycles. The maximum Gasteiger partial charge on any atom is 0.0549 e. The van der Waals surface area contributed by atoms with Gasteiger partial charge in [-0.2, -0.15) is 5.10 Å². The number of nitrogens with two attached hydrogens (primary N) is 1. The second kappa shape index (κ2) is 5.65. The Labute approximate surface area is 104 Å². The zero-order chi connectivity index (χ0) is 12.3. The van der Waals surface area contributed by atoms with Crippen LogP contribution in [0.1, 0.15) is 44.3 Å². The van der Waals surface area contributed by atoms with Crippen LogP contribution in [0.3, 0.4) is 0 Å². The summed E-state index contributed by atoms with van der Waals surface area (Å²) in [6.45, 7) is 4.27. The van der Waals surface area contributed by atoms with Gasteiger partial charge in [0.25, 0.3) is 0 Å². The van der Waals surface area contributed by atoms with Crippen LogP contribution in [-0.2, 0) is 7.05 Å².